The summed E-state index contributed by atoms with van der Waals surface area (Å²) in [6.45, 7) is 1.18. The van der Waals surface area contributed by atoms with Gasteiger partial charge in [-0.05, 0) is 32.1 Å². The monoisotopic (exact) mass is 456 g/mol. The summed E-state index contributed by atoms with van der Waals surface area (Å²) in [7, 11) is -4.89. The third-order valence-electron chi connectivity index (χ3n) is 4.61. The van der Waals surface area contributed by atoms with E-state index in [9.17, 15) is 18.1 Å². The van der Waals surface area contributed by atoms with Gasteiger partial charge in [0.2, 0.25) is 0 Å². The van der Waals surface area contributed by atoms with Crippen molar-refractivity contribution in [3.8, 4) is 0 Å². The van der Waals surface area contributed by atoms with Gasteiger partial charge in [0.05, 0.1) is 0 Å². The first-order valence-corrected chi connectivity index (χ1v) is 12.6. The van der Waals surface area contributed by atoms with Crippen LogP contribution in [0.4, 0.5) is 8.78 Å². The number of alkyl halides is 2. The molecule has 0 rings (SSSR count). The first-order valence-electron chi connectivity index (χ1n) is 11.1. The van der Waals surface area contributed by atoms with Crippen LogP contribution in [-0.2, 0) is 18.6 Å². The van der Waals surface area contributed by atoms with Crippen LogP contribution in [0.25, 0.3) is 0 Å². The van der Waals surface area contributed by atoms with E-state index >= 15 is 0 Å². The summed E-state index contributed by atoms with van der Waals surface area (Å²) in [5.41, 5.74) is 0. The smallest absolute Gasteiger partial charge is 0.454 e. The average Bonchev–Trinajstić information content (AvgIpc) is 2.67. The second-order valence-electron chi connectivity index (χ2n) is 7.48. The molecule has 1 atom stereocenters. The van der Waals surface area contributed by atoms with Gasteiger partial charge in [-0.3, -0.25) is 9.32 Å². The lowest BCUT2D eigenvalue weighted by Crippen LogP contribution is -2.30. The van der Waals surface area contributed by atoms with Crippen LogP contribution in [-0.4, -0.2) is 34.9 Å². The van der Waals surface area contributed by atoms with Gasteiger partial charge in [-0.1, -0.05) is 70.4 Å². The van der Waals surface area contributed by atoms with Crippen LogP contribution in [0, 0.1) is 0 Å². The summed E-state index contributed by atoms with van der Waals surface area (Å²) in [5.74, 6) is -0.813. The molecule has 0 radical (unpaired) electrons. The van der Waals surface area contributed by atoms with Gasteiger partial charge in [0.1, 0.15) is 6.61 Å². The van der Waals surface area contributed by atoms with E-state index in [1.807, 2.05) is 0 Å². The Morgan fingerprint density at radius 1 is 0.900 bits per heavy atom. The number of hydrogen-bond donors (Lipinski definition) is 2. The van der Waals surface area contributed by atoms with Crippen LogP contribution in [0.1, 0.15) is 96.8 Å². The largest absolute Gasteiger partial charge is 0.469 e. The molecule has 0 saturated heterocycles. The molecule has 0 amide bonds. The zero-order valence-electron chi connectivity index (χ0n) is 18.1. The van der Waals surface area contributed by atoms with E-state index in [0.717, 1.165) is 38.5 Å². The maximum Gasteiger partial charge on any atom is 0.469 e. The van der Waals surface area contributed by atoms with E-state index < -0.39 is 32.9 Å². The average molecular weight is 457 g/mol. The van der Waals surface area contributed by atoms with Crippen molar-refractivity contribution < 1.29 is 37.2 Å². The molecule has 0 aliphatic carbocycles. The number of unbranched alkanes of at least 4 members (excludes halogenated alkanes) is 11. The van der Waals surface area contributed by atoms with E-state index in [1.165, 1.54) is 38.5 Å². The van der Waals surface area contributed by atoms with Crippen LogP contribution in [0.3, 0.4) is 0 Å². The zero-order valence-corrected chi connectivity index (χ0v) is 19.0. The molecular weight excluding hydrogens is 417 g/mol. The Morgan fingerprint density at radius 3 is 1.90 bits per heavy atom. The van der Waals surface area contributed by atoms with Crippen molar-refractivity contribution in [2.45, 2.75) is 109 Å². The van der Waals surface area contributed by atoms with Crippen molar-refractivity contribution in [3.05, 3.63) is 12.2 Å². The van der Waals surface area contributed by atoms with Crippen molar-refractivity contribution in [3.63, 3.8) is 0 Å². The molecule has 2 N–H and O–H groups in total. The number of phosphoric acid groups is 1. The Balaban J connectivity index is 3.61. The predicted octanol–water partition coefficient (Wildman–Crippen LogP) is 6.31. The van der Waals surface area contributed by atoms with Crippen LogP contribution in [0.2, 0.25) is 0 Å². The number of esters is 1. The van der Waals surface area contributed by atoms with E-state index in [2.05, 4.69) is 28.3 Å². The Morgan fingerprint density at radius 2 is 1.40 bits per heavy atom. The minimum atomic E-state index is -4.89. The van der Waals surface area contributed by atoms with Gasteiger partial charge in [-0.25, -0.2) is 13.3 Å². The van der Waals surface area contributed by atoms with Crippen molar-refractivity contribution in [1.29, 1.82) is 0 Å². The second kappa shape index (κ2) is 18.9. The fourth-order valence-electron chi connectivity index (χ4n) is 2.90. The topological polar surface area (TPSA) is 93.1 Å². The Labute approximate surface area is 179 Å². The van der Waals surface area contributed by atoms with E-state index in [0.29, 0.717) is 6.42 Å². The molecule has 0 unspecified atom stereocenters. The third-order valence-corrected chi connectivity index (χ3v) is 5.10. The van der Waals surface area contributed by atoms with Gasteiger partial charge in [-0.2, -0.15) is 0 Å². The molecule has 0 aromatic carbocycles. The fraction of sp³-hybridized carbons (Fsp3) is 0.857. The summed E-state index contributed by atoms with van der Waals surface area (Å²) in [6.07, 6.45) is 13.9. The summed E-state index contributed by atoms with van der Waals surface area (Å²) in [5, 5.41) is 0. The van der Waals surface area contributed by atoms with Crippen molar-refractivity contribution in [1.82, 2.24) is 0 Å². The van der Waals surface area contributed by atoms with Gasteiger partial charge in [0.15, 0.2) is 6.10 Å². The molecule has 6 nitrogen and oxygen atoms in total. The number of rotatable bonds is 20. The van der Waals surface area contributed by atoms with Gasteiger partial charge in [0, 0.05) is 6.42 Å². The molecule has 0 fully saturated rings. The number of ether oxygens (including phenoxy) is 1. The Bertz CT molecular complexity index is 496. The normalized spacial score (nSPS) is 13.3. The first kappa shape index (κ1) is 29.2. The SMILES string of the molecule is CCCCCCCC/C=C/CCCCCCCC(=O)O[C@H](COP(=O)(O)O)C(F)F. The number of carbonyl (C=O) groups excluding carboxylic acids is 1. The van der Waals surface area contributed by atoms with Crippen molar-refractivity contribution in [2.75, 3.05) is 6.61 Å². The van der Waals surface area contributed by atoms with Crippen molar-refractivity contribution >= 4 is 13.8 Å². The van der Waals surface area contributed by atoms with Gasteiger partial charge in [0.25, 0.3) is 6.43 Å². The second-order valence-corrected chi connectivity index (χ2v) is 8.72. The summed E-state index contributed by atoms with van der Waals surface area (Å²) < 4.78 is 44.6. The maximum absolute atomic E-state index is 12.7. The predicted molar refractivity (Wildman–Crippen MR) is 113 cm³/mol. The lowest BCUT2D eigenvalue weighted by molar-refractivity contribution is -0.160. The Hall–Kier alpha value is -0.820. The highest BCUT2D eigenvalue weighted by Gasteiger charge is 2.28. The summed E-state index contributed by atoms with van der Waals surface area (Å²) in [6, 6.07) is 0. The zero-order chi connectivity index (χ0) is 22.7. The molecule has 0 aromatic heterocycles. The molecule has 0 spiro atoms. The molecule has 0 bridgehead atoms. The molecule has 178 valence electrons. The minimum Gasteiger partial charge on any atom is -0.454 e. The first-order chi connectivity index (χ1) is 14.3. The van der Waals surface area contributed by atoms with E-state index in [1.54, 1.807) is 0 Å². The molecule has 30 heavy (non-hydrogen) atoms. The van der Waals surface area contributed by atoms with Crippen LogP contribution in [0.5, 0.6) is 0 Å². The van der Waals surface area contributed by atoms with E-state index in [-0.39, 0.29) is 6.42 Å². The van der Waals surface area contributed by atoms with E-state index in [4.69, 9.17) is 9.79 Å². The Kier molecular flexibility index (Phi) is 18.4. The molecule has 0 aromatic rings. The number of phosphoric ester groups is 1. The maximum atomic E-state index is 12.7. The minimum absolute atomic E-state index is 0.00269. The lowest BCUT2D eigenvalue weighted by Gasteiger charge is -2.17. The molecule has 0 heterocycles. The van der Waals surface area contributed by atoms with Crippen LogP contribution >= 0.6 is 7.82 Å². The number of allylic oxidation sites excluding steroid dienone is 2. The fourth-order valence-corrected chi connectivity index (χ4v) is 3.24. The van der Waals surface area contributed by atoms with Gasteiger partial charge < -0.3 is 14.5 Å². The molecule has 0 saturated carbocycles. The van der Waals surface area contributed by atoms with Crippen LogP contribution in [0.15, 0.2) is 12.2 Å². The molecule has 0 aliphatic heterocycles. The third kappa shape index (κ3) is 20.5. The highest BCUT2D eigenvalue weighted by Crippen LogP contribution is 2.36. The highest BCUT2D eigenvalue weighted by atomic mass is 31.2. The van der Waals surface area contributed by atoms with Gasteiger partial charge in [-0.15, -0.1) is 0 Å². The number of halogens is 2. The standard InChI is InChI=1S/C21H39F2O6P/c1-2-3-4-5-6-7-8-9-10-11-12-13-14-15-16-17-20(24)29-19(21(22)23)18-28-30(25,26)27/h9-10,19,21H,2-8,11-18H2,1H3,(H2,25,26,27)/b10-9+/t19-/m1/s1. The lowest BCUT2D eigenvalue weighted by atomic mass is 10.1. The number of carbonyl (C=O) groups is 1. The molecular formula is C21H39F2O6P. The van der Waals surface area contributed by atoms with Crippen LogP contribution < -0.4 is 0 Å². The summed E-state index contributed by atoms with van der Waals surface area (Å²) in [4.78, 5) is 28.7. The van der Waals surface area contributed by atoms with Gasteiger partial charge >= 0.3 is 13.8 Å². The molecule has 0 aliphatic rings. The van der Waals surface area contributed by atoms with Crippen molar-refractivity contribution in [2.24, 2.45) is 0 Å². The highest BCUT2D eigenvalue weighted by molar-refractivity contribution is 7.46. The molecule has 9 heteroatoms. The quantitative estimate of drug-likeness (QED) is 0.0965. The summed E-state index contributed by atoms with van der Waals surface area (Å²) >= 11 is 0. The number of hydrogen-bond acceptors (Lipinski definition) is 4.